The van der Waals surface area contributed by atoms with Crippen molar-refractivity contribution in [3.05, 3.63) is 71.3 Å². The number of ether oxygens (including phenoxy) is 2. The summed E-state index contributed by atoms with van der Waals surface area (Å²) in [5, 5.41) is 3.60. The molecule has 1 aromatic heterocycles. The van der Waals surface area contributed by atoms with Gasteiger partial charge in [0, 0.05) is 47.4 Å². The van der Waals surface area contributed by atoms with E-state index in [4.69, 9.17) is 9.47 Å². The van der Waals surface area contributed by atoms with Crippen molar-refractivity contribution in [1.29, 1.82) is 0 Å². The highest BCUT2D eigenvalue weighted by atomic mass is 19.1. The van der Waals surface area contributed by atoms with Crippen LogP contribution in [-0.4, -0.2) is 54.5 Å². The van der Waals surface area contributed by atoms with Crippen LogP contribution in [0.4, 0.5) is 10.1 Å². The van der Waals surface area contributed by atoms with E-state index >= 15 is 0 Å². The van der Waals surface area contributed by atoms with Crippen molar-refractivity contribution in [2.24, 2.45) is 0 Å². The van der Waals surface area contributed by atoms with Gasteiger partial charge >= 0.3 is 5.97 Å². The van der Waals surface area contributed by atoms with E-state index in [2.05, 4.69) is 10.3 Å². The Kier molecular flexibility index (Phi) is 6.94. The number of nitrogens with one attached hydrogen (secondary N) is 2. The van der Waals surface area contributed by atoms with Crippen LogP contribution >= 0.6 is 0 Å². The Morgan fingerprint density at radius 2 is 1.86 bits per heavy atom. The molecule has 1 aliphatic rings. The summed E-state index contributed by atoms with van der Waals surface area (Å²) in [5.41, 5.74) is 2.58. The zero-order valence-electron chi connectivity index (χ0n) is 20.6. The lowest BCUT2D eigenvalue weighted by Gasteiger charge is -2.29. The summed E-state index contributed by atoms with van der Waals surface area (Å²) in [6.45, 7) is 5.99. The number of esters is 1. The number of hydrogen-bond donors (Lipinski definition) is 2. The van der Waals surface area contributed by atoms with E-state index in [1.165, 1.54) is 42.5 Å². The lowest BCUT2D eigenvalue weighted by atomic mass is 9.81. The van der Waals surface area contributed by atoms with Gasteiger partial charge in [-0.3, -0.25) is 9.59 Å². The van der Waals surface area contributed by atoms with Crippen molar-refractivity contribution in [3.8, 4) is 0 Å². The summed E-state index contributed by atoms with van der Waals surface area (Å²) in [6, 6.07) is 10.7. The van der Waals surface area contributed by atoms with Gasteiger partial charge in [-0.2, -0.15) is 0 Å². The normalized spacial score (nSPS) is 14.6. The molecule has 4 rings (SSSR count). The van der Waals surface area contributed by atoms with Gasteiger partial charge < -0.3 is 24.7 Å². The molecule has 9 heteroatoms. The van der Waals surface area contributed by atoms with Crippen LogP contribution in [0, 0.1) is 5.82 Å². The van der Waals surface area contributed by atoms with E-state index in [0.29, 0.717) is 16.9 Å². The van der Waals surface area contributed by atoms with Crippen LogP contribution in [-0.2, 0) is 24.5 Å². The maximum Gasteiger partial charge on any atom is 0.341 e. The molecule has 0 saturated heterocycles. The van der Waals surface area contributed by atoms with E-state index < -0.39 is 17.2 Å². The number of rotatable bonds is 6. The number of nitrogens with zero attached hydrogens (tertiary/aromatic N) is 1. The molecular weight excluding hydrogens is 465 g/mol. The summed E-state index contributed by atoms with van der Waals surface area (Å²) in [7, 11) is 1.44. The van der Waals surface area contributed by atoms with Crippen molar-refractivity contribution in [2.45, 2.75) is 26.2 Å². The predicted molar refractivity (Wildman–Crippen MR) is 134 cm³/mol. The molecule has 188 valence electrons. The Hall–Kier alpha value is -3.98. The van der Waals surface area contributed by atoms with Gasteiger partial charge in [0.25, 0.3) is 5.91 Å². The third-order valence-electron chi connectivity index (χ3n) is 6.00. The lowest BCUT2D eigenvalue weighted by Crippen LogP contribution is -2.37. The minimum atomic E-state index is -0.622. The summed E-state index contributed by atoms with van der Waals surface area (Å²) in [6.07, 6.45) is 1.49. The molecule has 3 aromatic rings. The number of carbonyl (C=O) groups is 3. The molecule has 0 bridgehead atoms. The smallest absolute Gasteiger partial charge is 0.341 e. The number of benzene rings is 2. The molecule has 2 amide bonds. The molecule has 0 spiro atoms. The van der Waals surface area contributed by atoms with Crippen LogP contribution < -0.4 is 5.32 Å². The largest absolute Gasteiger partial charge is 0.462 e. The Morgan fingerprint density at radius 3 is 2.53 bits per heavy atom. The molecule has 8 nitrogen and oxygen atoms in total. The SMILES string of the molecule is CCOC(=O)C1=CN(C(=O)c2ccc(F)cc2)CC(C)(C)c2c1[nH]c1ccc(NC(=O)COC)cc21. The second-order valence-electron chi connectivity index (χ2n) is 9.20. The molecule has 0 radical (unpaired) electrons. The van der Waals surface area contributed by atoms with E-state index in [0.717, 1.165) is 16.5 Å². The molecule has 0 aliphatic carbocycles. The van der Waals surface area contributed by atoms with Gasteiger partial charge in [0.2, 0.25) is 5.91 Å². The van der Waals surface area contributed by atoms with Crippen LogP contribution in [0.25, 0.3) is 16.5 Å². The number of carbonyl (C=O) groups excluding carboxylic acids is 3. The Labute approximate surface area is 208 Å². The number of aromatic amines is 1. The van der Waals surface area contributed by atoms with Crippen molar-refractivity contribution in [2.75, 3.05) is 32.2 Å². The molecule has 2 N–H and O–H groups in total. The minimum absolute atomic E-state index is 0.0784. The van der Waals surface area contributed by atoms with E-state index in [9.17, 15) is 18.8 Å². The zero-order chi connectivity index (χ0) is 26.0. The van der Waals surface area contributed by atoms with Crippen LogP contribution in [0.3, 0.4) is 0 Å². The van der Waals surface area contributed by atoms with Gasteiger partial charge in [-0.05, 0) is 55.0 Å². The maximum atomic E-state index is 13.4. The Morgan fingerprint density at radius 1 is 1.14 bits per heavy atom. The third-order valence-corrected chi connectivity index (χ3v) is 6.00. The standard InChI is InChI=1S/C27H28FN3O5/c1-5-36-26(34)20-13-31(25(33)16-6-8-17(28)9-7-16)15-27(2,3)23-19-12-18(29-22(32)14-35-4)10-11-21(19)30-24(20)23/h6-13,30H,5,14-15H2,1-4H3,(H,29,32). The summed E-state index contributed by atoms with van der Waals surface area (Å²) in [5.74, 6) is -1.68. The van der Waals surface area contributed by atoms with E-state index in [1.807, 2.05) is 26.0 Å². The first-order chi connectivity index (χ1) is 17.1. The van der Waals surface area contributed by atoms with Gasteiger partial charge in [0.15, 0.2) is 0 Å². The highest BCUT2D eigenvalue weighted by Gasteiger charge is 2.37. The molecule has 1 aliphatic heterocycles. The predicted octanol–water partition coefficient (Wildman–Crippen LogP) is 4.23. The van der Waals surface area contributed by atoms with Gasteiger partial charge in [-0.15, -0.1) is 0 Å². The van der Waals surface area contributed by atoms with E-state index in [-0.39, 0.29) is 37.1 Å². The molecular formula is C27H28FN3O5. The Bertz CT molecular complexity index is 1360. The van der Waals surface area contributed by atoms with Crippen molar-refractivity contribution >= 4 is 39.9 Å². The monoisotopic (exact) mass is 493 g/mol. The molecule has 2 heterocycles. The number of aromatic nitrogens is 1. The fourth-order valence-corrected chi connectivity index (χ4v) is 4.53. The number of H-pyrrole nitrogens is 1. The molecule has 2 aromatic carbocycles. The topological polar surface area (TPSA) is 101 Å². The number of hydrogen-bond acceptors (Lipinski definition) is 5. The third kappa shape index (κ3) is 4.87. The van der Waals surface area contributed by atoms with Crippen LogP contribution in [0.1, 0.15) is 42.4 Å². The molecule has 0 fully saturated rings. The molecule has 0 atom stereocenters. The summed E-state index contributed by atoms with van der Waals surface area (Å²) >= 11 is 0. The average molecular weight is 494 g/mol. The van der Waals surface area contributed by atoms with Gasteiger partial charge in [0.1, 0.15) is 12.4 Å². The first kappa shape index (κ1) is 25.1. The Balaban J connectivity index is 1.84. The second-order valence-corrected chi connectivity index (χ2v) is 9.20. The fourth-order valence-electron chi connectivity index (χ4n) is 4.53. The number of halogens is 1. The lowest BCUT2D eigenvalue weighted by molar-refractivity contribution is -0.136. The second kappa shape index (κ2) is 9.94. The first-order valence-electron chi connectivity index (χ1n) is 11.6. The number of fused-ring (bicyclic) bond motifs is 3. The quantitative estimate of drug-likeness (QED) is 0.501. The molecule has 0 saturated carbocycles. The van der Waals surface area contributed by atoms with Gasteiger partial charge in [-0.25, -0.2) is 9.18 Å². The fraction of sp³-hybridized carbons (Fsp3) is 0.296. The van der Waals surface area contributed by atoms with Crippen LogP contribution in [0.15, 0.2) is 48.7 Å². The summed E-state index contributed by atoms with van der Waals surface area (Å²) in [4.78, 5) is 43.3. The highest BCUT2D eigenvalue weighted by Crippen LogP contribution is 2.41. The van der Waals surface area contributed by atoms with Crippen LogP contribution in [0.5, 0.6) is 0 Å². The first-order valence-corrected chi connectivity index (χ1v) is 11.6. The van der Waals surface area contributed by atoms with Crippen molar-refractivity contribution in [1.82, 2.24) is 9.88 Å². The van der Waals surface area contributed by atoms with Gasteiger partial charge in [-0.1, -0.05) is 13.8 Å². The minimum Gasteiger partial charge on any atom is -0.462 e. The van der Waals surface area contributed by atoms with Gasteiger partial charge in [0.05, 0.1) is 17.9 Å². The van der Waals surface area contributed by atoms with Crippen LogP contribution in [0.2, 0.25) is 0 Å². The van der Waals surface area contributed by atoms with E-state index in [1.54, 1.807) is 13.0 Å². The average Bonchev–Trinajstić information content (AvgIpc) is 3.16. The number of anilines is 1. The number of amides is 2. The summed E-state index contributed by atoms with van der Waals surface area (Å²) < 4.78 is 23.7. The maximum absolute atomic E-state index is 13.4. The van der Waals surface area contributed by atoms with Crippen molar-refractivity contribution in [3.63, 3.8) is 0 Å². The zero-order valence-corrected chi connectivity index (χ0v) is 20.6. The highest BCUT2D eigenvalue weighted by molar-refractivity contribution is 6.18. The molecule has 0 unspecified atom stereocenters. The van der Waals surface area contributed by atoms with Crippen molar-refractivity contribution < 1.29 is 28.2 Å². The molecule has 36 heavy (non-hydrogen) atoms. The number of methoxy groups -OCH3 is 1.